The van der Waals surface area contributed by atoms with Crippen LogP contribution in [-0.2, 0) is 16.4 Å². The van der Waals surface area contributed by atoms with Crippen LogP contribution in [0.2, 0.25) is 0 Å². The second-order valence-corrected chi connectivity index (χ2v) is 8.37. The van der Waals surface area contributed by atoms with Crippen LogP contribution in [-0.4, -0.2) is 53.1 Å². The van der Waals surface area contributed by atoms with E-state index in [0.29, 0.717) is 37.7 Å². The fourth-order valence-corrected chi connectivity index (χ4v) is 4.69. The third kappa shape index (κ3) is 4.04. The average Bonchev–Trinajstić information content (AvgIpc) is 2.73. The quantitative estimate of drug-likeness (QED) is 0.759. The Kier molecular flexibility index (Phi) is 5.92. The Labute approximate surface area is 161 Å². The molecule has 0 amide bonds. The van der Waals surface area contributed by atoms with E-state index in [0.717, 1.165) is 12.1 Å². The molecule has 0 saturated carbocycles. The van der Waals surface area contributed by atoms with Crippen molar-refractivity contribution in [3.05, 3.63) is 48.0 Å². The Hall–Kier alpha value is -2.25. The van der Waals surface area contributed by atoms with Gasteiger partial charge >= 0.3 is 0 Å². The monoisotopic (exact) mass is 390 g/mol. The molecule has 0 bridgehead atoms. The minimum absolute atomic E-state index is 0.223. The van der Waals surface area contributed by atoms with Gasteiger partial charge in [0.25, 0.3) is 0 Å². The van der Waals surface area contributed by atoms with Gasteiger partial charge in [0.1, 0.15) is 0 Å². The van der Waals surface area contributed by atoms with Crippen LogP contribution in [0.3, 0.4) is 0 Å². The van der Waals surface area contributed by atoms with Crippen molar-refractivity contribution in [3.63, 3.8) is 0 Å². The molecule has 6 nitrogen and oxygen atoms in total. The van der Waals surface area contributed by atoms with E-state index in [1.165, 1.54) is 30.2 Å². The molecule has 7 heteroatoms. The molecule has 146 valence electrons. The predicted octanol–water partition coefficient (Wildman–Crippen LogP) is 2.78. The zero-order valence-corrected chi connectivity index (χ0v) is 16.8. The zero-order chi connectivity index (χ0) is 19.4. The van der Waals surface area contributed by atoms with E-state index in [9.17, 15) is 8.42 Å². The van der Waals surface area contributed by atoms with E-state index in [-0.39, 0.29) is 4.90 Å². The largest absolute Gasteiger partial charge is 0.493 e. The summed E-state index contributed by atoms with van der Waals surface area (Å²) in [4.78, 5) is 2.45. The standard InChI is InChI=1S/C20H26N2O4S/c1-4-16-5-7-17(8-6-16)21-11-13-22(14-12-21)27(23,24)18-9-10-19(25-2)20(15-18)26-3/h5-10,15H,4,11-14H2,1-3H3. The summed E-state index contributed by atoms with van der Waals surface area (Å²) >= 11 is 0. The number of benzene rings is 2. The highest BCUT2D eigenvalue weighted by molar-refractivity contribution is 7.89. The molecule has 0 spiro atoms. The number of hydrogen-bond acceptors (Lipinski definition) is 5. The first kappa shape index (κ1) is 19.5. The summed E-state index contributed by atoms with van der Waals surface area (Å²) < 4.78 is 37.9. The summed E-state index contributed by atoms with van der Waals surface area (Å²) in [6.45, 7) is 4.36. The number of piperazine rings is 1. The smallest absolute Gasteiger partial charge is 0.243 e. The molecule has 27 heavy (non-hydrogen) atoms. The molecule has 2 aromatic carbocycles. The summed E-state index contributed by atoms with van der Waals surface area (Å²) in [7, 11) is -0.542. The molecule has 1 aliphatic heterocycles. The van der Waals surface area contributed by atoms with Crippen LogP contribution >= 0.6 is 0 Å². The van der Waals surface area contributed by atoms with Gasteiger partial charge in [-0.2, -0.15) is 4.31 Å². The Balaban J connectivity index is 1.72. The molecule has 0 unspecified atom stereocenters. The van der Waals surface area contributed by atoms with Crippen molar-refractivity contribution < 1.29 is 17.9 Å². The molecule has 3 rings (SSSR count). The first-order valence-corrected chi connectivity index (χ1v) is 10.5. The van der Waals surface area contributed by atoms with Crippen molar-refractivity contribution in [2.24, 2.45) is 0 Å². The van der Waals surface area contributed by atoms with Gasteiger partial charge in [-0.3, -0.25) is 0 Å². The molecular weight excluding hydrogens is 364 g/mol. The number of methoxy groups -OCH3 is 2. The molecular formula is C20H26N2O4S. The van der Waals surface area contributed by atoms with Gasteiger partial charge in [0.15, 0.2) is 11.5 Å². The van der Waals surface area contributed by atoms with Crippen molar-refractivity contribution in [1.82, 2.24) is 4.31 Å². The average molecular weight is 391 g/mol. The highest BCUT2D eigenvalue weighted by atomic mass is 32.2. The van der Waals surface area contributed by atoms with Crippen molar-refractivity contribution in [3.8, 4) is 11.5 Å². The minimum atomic E-state index is -3.56. The second-order valence-electron chi connectivity index (χ2n) is 6.43. The molecule has 0 aliphatic carbocycles. The fourth-order valence-electron chi connectivity index (χ4n) is 3.26. The van der Waals surface area contributed by atoms with E-state index in [1.54, 1.807) is 12.1 Å². The third-order valence-electron chi connectivity index (χ3n) is 4.94. The molecule has 0 radical (unpaired) electrons. The van der Waals surface area contributed by atoms with Crippen LogP contribution in [0.4, 0.5) is 5.69 Å². The summed E-state index contributed by atoms with van der Waals surface area (Å²) in [5, 5.41) is 0. The molecule has 0 N–H and O–H groups in total. The normalized spacial score (nSPS) is 15.6. The maximum atomic E-state index is 13.0. The Morgan fingerprint density at radius 3 is 2.07 bits per heavy atom. The van der Waals surface area contributed by atoms with Crippen LogP contribution in [0.5, 0.6) is 11.5 Å². The van der Waals surface area contributed by atoms with Crippen molar-refractivity contribution >= 4 is 15.7 Å². The number of hydrogen-bond donors (Lipinski definition) is 0. The third-order valence-corrected chi connectivity index (χ3v) is 6.84. The predicted molar refractivity (Wildman–Crippen MR) is 106 cm³/mol. The van der Waals surface area contributed by atoms with Gasteiger partial charge in [-0.05, 0) is 36.2 Å². The SMILES string of the molecule is CCc1ccc(N2CCN(S(=O)(=O)c3ccc(OC)c(OC)c3)CC2)cc1. The van der Waals surface area contributed by atoms with E-state index in [2.05, 4.69) is 36.1 Å². The lowest BCUT2D eigenvalue weighted by Crippen LogP contribution is -2.48. The molecule has 1 fully saturated rings. The lowest BCUT2D eigenvalue weighted by atomic mass is 10.1. The first-order chi connectivity index (χ1) is 13.0. The van der Waals surface area contributed by atoms with Crippen molar-refractivity contribution in [2.75, 3.05) is 45.3 Å². The Bertz CT molecular complexity index is 873. The Morgan fingerprint density at radius 2 is 1.52 bits per heavy atom. The maximum Gasteiger partial charge on any atom is 0.243 e. The van der Waals surface area contributed by atoms with Crippen LogP contribution < -0.4 is 14.4 Å². The number of anilines is 1. The lowest BCUT2D eigenvalue weighted by molar-refractivity contribution is 0.353. The van der Waals surface area contributed by atoms with E-state index in [4.69, 9.17) is 9.47 Å². The number of rotatable bonds is 6. The highest BCUT2D eigenvalue weighted by Crippen LogP contribution is 2.31. The number of aryl methyl sites for hydroxylation is 1. The van der Waals surface area contributed by atoms with E-state index < -0.39 is 10.0 Å². The second kappa shape index (κ2) is 8.19. The van der Waals surface area contributed by atoms with Crippen LogP contribution in [0.25, 0.3) is 0 Å². The van der Waals surface area contributed by atoms with Crippen molar-refractivity contribution in [1.29, 1.82) is 0 Å². The van der Waals surface area contributed by atoms with Crippen LogP contribution in [0.1, 0.15) is 12.5 Å². The van der Waals surface area contributed by atoms with E-state index in [1.807, 2.05) is 0 Å². The van der Waals surface area contributed by atoms with E-state index >= 15 is 0 Å². The van der Waals surface area contributed by atoms with Gasteiger partial charge in [-0.15, -0.1) is 0 Å². The molecule has 0 atom stereocenters. The molecule has 0 aromatic heterocycles. The maximum absolute atomic E-state index is 13.0. The van der Waals surface area contributed by atoms with Crippen LogP contribution in [0, 0.1) is 0 Å². The van der Waals surface area contributed by atoms with Gasteiger partial charge in [-0.1, -0.05) is 19.1 Å². The Morgan fingerprint density at radius 1 is 0.889 bits per heavy atom. The summed E-state index contributed by atoms with van der Waals surface area (Å²) in [6.07, 6.45) is 1.01. The lowest BCUT2D eigenvalue weighted by Gasteiger charge is -2.35. The summed E-state index contributed by atoms with van der Waals surface area (Å²) in [5.74, 6) is 0.921. The number of nitrogens with zero attached hydrogens (tertiary/aromatic N) is 2. The topological polar surface area (TPSA) is 59.1 Å². The molecule has 1 saturated heterocycles. The molecule has 1 aliphatic rings. The minimum Gasteiger partial charge on any atom is -0.493 e. The summed E-state index contributed by atoms with van der Waals surface area (Å²) in [6, 6.07) is 13.2. The highest BCUT2D eigenvalue weighted by Gasteiger charge is 2.29. The first-order valence-electron chi connectivity index (χ1n) is 9.05. The number of ether oxygens (including phenoxy) is 2. The van der Waals surface area contributed by atoms with Crippen LogP contribution in [0.15, 0.2) is 47.4 Å². The van der Waals surface area contributed by atoms with Gasteiger partial charge in [0.05, 0.1) is 19.1 Å². The van der Waals surface area contributed by atoms with Gasteiger partial charge < -0.3 is 14.4 Å². The van der Waals surface area contributed by atoms with Crippen molar-refractivity contribution in [2.45, 2.75) is 18.2 Å². The molecule has 1 heterocycles. The zero-order valence-electron chi connectivity index (χ0n) is 16.0. The van der Waals surface area contributed by atoms with Gasteiger partial charge in [0.2, 0.25) is 10.0 Å². The fraction of sp³-hybridized carbons (Fsp3) is 0.400. The molecule has 2 aromatic rings. The van der Waals surface area contributed by atoms with Gasteiger partial charge in [-0.25, -0.2) is 8.42 Å². The number of sulfonamides is 1. The summed E-state index contributed by atoms with van der Waals surface area (Å²) in [5.41, 5.74) is 2.43. The van der Waals surface area contributed by atoms with Gasteiger partial charge in [0, 0.05) is 37.9 Å².